The van der Waals surface area contributed by atoms with Crippen molar-refractivity contribution >= 4 is 22.7 Å². The van der Waals surface area contributed by atoms with Crippen LogP contribution >= 0.6 is 11.8 Å². The Balaban J connectivity index is 2.54. The lowest BCUT2D eigenvalue weighted by Crippen LogP contribution is -2.02. The molecule has 66 valence electrons. The zero-order chi connectivity index (χ0) is 9.42. The van der Waals surface area contributed by atoms with Crippen molar-refractivity contribution in [3.05, 3.63) is 29.3 Å². The summed E-state index contributed by atoms with van der Waals surface area (Å²) < 4.78 is 0. The van der Waals surface area contributed by atoms with Crippen molar-refractivity contribution in [2.24, 2.45) is 0 Å². The maximum atomic E-state index is 11.3. The Morgan fingerprint density at radius 1 is 1.31 bits per heavy atom. The predicted molar refractivity (Wildman–Crippen MR) is 51.0 cm³/mol. The number of carbonyl (C=O) groups excluding carboxylic acids is 2. The highest BCUT2D eigenvalue weighted by Gasteiger charge is 2.29. The van der Waals surface area contributed by atoms with Gasteiger partial charge in [0, 0.05) is 10.5 Å². The number of ketones is 1. The summed E-state index contributed by atoms with van der Waals surface area (Å²) in [7, 11) is 0. The van der Waals surface area contributed by atoms with Crippen LogP contribution in [0.25, 0.3) is 0 Å². The second-order valence-electron chi connectivity index (χ2n) is 2.90. The van der Waals surface area contributed by atoms with Crippen LogP contribution in [0, 0.1) is 0 Å². The summed E-state index contributed by atoms with van der Waals surface area (Å²) in [5.41, 5.74) is 1.68. The first-order valence-corrected chi connectivity index (χ1v) is 4.93. The molecule has 0 amide bonds. The average Bonchev–Trinajstić information content (AvgIpc) is 2.43. The Labute approximate surface area is 80.3 Å². The van der Waals surface area contributed by atoms with Gasteiger partial charge >= 0.3 is 0 Å². The van der Waals surface area contributed by atoms with E-state index < -0.39 is 0 Å². The zero-order valence-corrected chi connectivity index (χ0v) is 7.98. The van der Waals surface area contributed by atoms with Crippen LogP contribution in [0.2, 0.25) is 0 Å². The van der Waals surface area contributed by atoms with Crippen molar-refractivity contribution in [2.45, 2.75) is 18.2 Å². The molecule has 0 saturated carbocycles. The van der Waals surface area contributed by atoms with Crippen molar-refractivity contribution in [2.75, 3.05) is 0 Å². The van der Waals surface area contributed by atoms with Gasteiger partial charge in [-0.25, -0.2) is 0 Å². The number of benzene rings is 1. The monoisotopic (exact) mass is 192 g/mol. The van der Waals surface area contributed by atoms with Crippen LogP contribution in [0.3, 0.4) is 0 Å². The van der Waals surface area contributed by atoms with Crippen LogP contribution in [-0.2, 0) is 11.2 Å². The van der Waals surface area contributed by atoms with Gasteiger partial charge in [0.2, 0.25) is 5.78 Å². The van der Waals surface area contributed by atoms with E-state index in [1.807, 2.05) is 25.1 Å². The molecule has 0 unspecified atom stereocenters. The van der Waals surface area contributed by atoms with Gasteiger partial charge in [-0.3, -0.25) is 9.59 Å². The molecule has 0 aromatic heterocycles. The number of carbonyl (C=O) groups is 2. The van der Waals surface area contributed by atoms with Crippen LogP contribution < -0.4 is 0 Å². The van der Waals surface area contributed by atoms with E-state index in [0.29, 0.717) is 5.56 Å². The third kappa shape index (κ3) is 1.29. The second kappa shape index (κ2) is 3.00. The summed E-state index contributed by atoms with van der Waals surface area (Å²) in [6.45, 7) is 2.02. The zero-order valence-electron chi connectivity index (χ0n) is 7.16. The van der Waals surface area contributed by atoms with Crippen LogP contribution in [0.4, 0.5) is 0 Å². The molecule has 0 spiro atoms. The second-order valence-corrected chi connectivity index (χ2v) is 3.92. The molecule has 0 N–H and O–H groups in total. The fraction of sp³-hybridized carbons (Fsp3) is 0.200. The van der Waals surface area contributed by atoms with E-state index >= 15 is 0 Å². The van der Waals surface area contributed by atoms with Gasteiger partial charge in [0.25, 0.3) is 5.12 Å². The molecule has 2 nitrogen and oxygen atoms in total. The van der Waals surface area contributed by atoms with E-state index in [-0.39, 0.29) is 10.9 Å². The highest BCUT2D eigenvalue weighted by molar-refractivity contribution is 8.16. The minimum atomic E-state index is -0.358. The first-order chi connectivity index (χ1) is 6.22. The summed E-state index contributed by atoms with van der Waals surface area (Å²) in [6.07, 6.45) is 0.888. The molecule has 0 atom stereocenters. The van der Waals surface area contributed by atoms with Crippen molar-refractivity contribution in [3.63, 3.8) is 0 Å². The molecule has 13 heavy (non-hydrogen) atoms. The smallest absolute Gasteiger partial charge is 0.264 e. The Morgan fingerprint density at radius 3 is 2.77 bits per heavy atom. The van der Waals surface area contributed by atoms with Crippen molar-refractivity contribution in [1.29, 1.82) is 0 Å². The van der Waals surface area contributed by atoms with E-state index in [2.05, 4.69) is 0 Å². The Hall–Kier alpha value is -1.09. The quantitative estimate of drug-likeness (QED) is 0.639. The van der Waals surface area contributed by atoms with Crippen LogP contribution in [0.5, 0.6) is 0 Å². The molecule has 1 aromatic carbocycles. The van der Waals surface area contributed by atoms with Gasteiger partial charge in [0.15, 0.2) is 0 Å². The van der Waals surface area contributed by atoms with Crippen molar-refractivity contribution in [3.8, 4) is 0 Å². The topological polar surface area (TPSA) is 34.1 Å². The number of hydrogen-bond acceptors (Lipinski definition) is 3. The van der Waals surface area contributed by atoms with Crippen LogP contribution in [0.15, 0.2) is 23.1 Å². The molecular formula is C10H8O2S. The SMILES string of the molecule is CCc1ccc2c(c1)C(=O)C(=O)S2. The Bertz CT molecular complexity index is 396. The number of hydrogen-bond donors (Lipinski definition) is 0. The standard InChI is InChI=1S/C10H8O2S/c1-2-6-3-4-8-7(5-6)9(11)10(12)13-8/h3-5H,2H2,1H3. The maximum absolute atomic E-state index is 11.3. The van der Waals surface area contributed by atoms with E-state index in [4.69, 9.17) is 0 Å². The molecule has 0 bridgehead atoms. The van der Waals surface area contributed by atoms with E-state index in [0.717, 1.165) is 28.6 Å². The first kappa shape index (κ1) is 8.51. The van der Waals surface area contributed by atoms with E-state index in [1.165, 1.54) is 0 Å². The average molecular weight is 192 g/mol. The predicted octanol–water partition coefficient (Wildman–Crippen LogP) is 2.06. The summed E-state index contributed by atoms with van der Waals surface area (Å²) in [6, 6.07) is 5.62. The van der Waals surface area contributed by atoms with Crippen LogP contribution in [-0.4, -0.2) is 10.9 Å². The van der Waals surface area contributed by atoms with Gasteiger partial charge in [-0.15, -0.1) is 0 Å². The lowest BCUT2D eigenvalue weighted by atomic mass is 10.1. The molecule has 1 aliphatic rings. The number of Topliss-reactive ketones (excluding diaryl/α,β-unsaturated/α-hetero) is 1. The Kier molecular flexibility index (Phi) is 1.96. The molecule has 0 saturated heterocycles. The third-order valence-electron chi connectivity index (χ3n) is 2.08. The van der Waals surface area contributed by atoms with Crippen molar-refractivity contribution < 1.29 is 9.59 Å². The molecule has 2 rings (SSSR count). The summed E-state index contributed by atoms with van der Waals surface area (Å²) >= 11 is 1.03. The number of thioether (sulfide) groups is 1. The molecule has 3 heteroatoms. The lowest BCUT2D eigenvalue weighted by molar-refractivity contribution is -0.107. The minimum absolute atomic E-state index is 0.352. The highest BCUT2D eigenvalue weighted by atomic mass is 32.2. The largest absolute Gasteiger partial charge is 0.284 e. The molecule has 0 fully saturated rings. The molecule has 0 aliphatic carbocycles. The number of fused-ring (bicyclic) bond motifs is 1. The van der Waals surface area contributed by atoms with Gasteiger partial charge in [-0.2, -0.15) is 0 Å². The van der Waals surface area contributed by atoms with Gasteiger partial charge in [0.05, 0.1) is 0 Å². The van der Waals surface area contributed by atoms with Gasteiger partial charge in [0.1, 0.15) is 0 Å². The fourth-order valence-corrected chi connectivity index (χ4v) is 2.12. The summed E-state index contributed by atoms with van der Waals surface area (Å²) in [5, 5.41) is -0.358. The van der Waals surface area contributed by atoms with Crippen molar-refractivity contribution in [1.82, 2.24) is 0 Å². The molecule has 1 aliphatic heterocycles. The highest BCUT2D eigenvalue weighted by Crippen LogP contribution is 2.32. The first-order valence-electron chi connectivity index (χ1n) is 4.12. The van der Waals surface area contributed by atoms with Crippen LogP contribution in [0.1, 0.15) is 22.8 Å². The lowest BCUT2D eigenvalue weighted by Gasteiger charge is -1.98. The third-order valence-corrected chi connectivity index (χ3v) is 3.03. The molecule has 1 aromatic rings. The molecule has 1 heterocycles. The summed E-state index contributed by atoms with van der Waals surface area (Å²) in [4.78, 5) is 23.1. The normalized spacial score (nSPS) is 14.8. The number of aryl methyl sites for hydroxylation is 1. The molecular weight excluding hydrogens is 184 g/mol. The summed E-state index contributed by atoms with van der Waals surface area (Å²) in [5.74, 6) is -0.352. The van der Waals surface area contributed by atoms with Gasteiger partial charge in [-0.1, -0.05) is 13.0 Å². The minimum Gasteiger partial charge on any atom is -0.284 e. The fourth-order valence-electron chi connectivity index (χ4n) is 1.32. The van der Waals surface area contributed by atoms with Gasteiger partial charge in [-0.05, 0) is 35.9 Å². The molecule has 0 radical (unpaired) electrons. The van der Waals surface area contributed by atoms with Gasteiger partial charge < -0.3 is 0 Å². The van der Waals surface area contributed by atoms with E-state index in [9.17, 15) is 9.59 Å². The number of rotatable bonds is 1. The maximum Gasteiger partial charge on any atom is 0.264 e. The van der Waals surface area contributed by atoms with E-state index in [1.54, 1.807) is 0 Å². The Morgan fingerprint density at radius 2 is 2.08 bits per heavy atom.